The standard InChI is InChI=1S/C7H8N6O3/c1-2-15-7(14)6-10-11-12-13(6)3-5-8-4-9-16-5/h4H,2-3H2,1H3. The number of aromatic nitrogens is 6. The van der Waals surface area contributed by atoms with Gasteiger partial charge >= 0.3 is 5.97 Å². The second-order valence-corrected chi connectivity index (χ2v) is 2.72. The van der Waals surface area contributed by atoms with E-state index < -0.39 is 5.97 Å². The van der Waals surface area contributed by atoms with Crippen LogP contribution in [0, 0.1) is 0 Å². The van der Waals surface area contributed by atoms with Gasteiger partial charge in [0.1, 0.15) is 6.54 Å². The van der Waals surface area contributed by atoms with E-state index in [1.807, 2.05) is 0 Å². The Labute approximate surface area is 89.4 Å². The lowest BCUT2D eigenvalue weighted by Gasteiger charge is -2.00. The Morgan fingerprint density at radius 3 is 3.19 bits per heavy atom. The molecule has 0 aliphatic heterocycles. The predicted octanol–water partition coefficient (Wildman–Crippen LogP) is -0.719. The number of nitrogens with zero attached hydrogens (tertiary/aromatic N) is 6. The minimum atomic E-state index is -0.591. The molecule has 0 fully saturated rings. The first kappa shape index (κ1) is 10.2. The first-order valence-electron chi connectivity index (χ1n) is 4.50. The number of ether oxygens (including phenoxy) is 1. The Morgan fingerprint density at radius 1 is 1.62 bits per heavy atom. The SMILES string of the molecule is CCOC(=O)c1nnnn1Cc1ncno1. The fourth-order valence-electron chi connectivity index (χ4n) is 1.05. The summed E-state index contributed by atoms with van der Waals surface area (Å²) in [5, 5.41) is 14.0. The second kappa shape index (κ2) is 4.47. The van der Waals surface area contributed by atoms with Crippen molar-refractivity contribution < 1.29 is 14.1 Å². The maximum Gasteiger partial charge on any atom is 0.378 e. The fourth-order valence-corrected chi connectivity index (χ4v) is 1.05. The molecular weight excluding hydrogens is 216 g/mol. The van der Waals surface area contributed by atoms with Crippen LogP contribution in [0.5, 0.6) is 0 Å². The van der Waals surface area contributed by atoms with Crippen molar-refractivity contribution in [1.29, 1.82) is 0 Å². The fraction of sp³-hybridized carbons (Fsp3) is 0.429. The number of esters is 1. The van der Waals surface area contributed by atoms with Gasteiger partial charge in [0.2, 0.25) is 5.89 Å². The van der Waals surface area contributed by atoms with E-state index in [0.717, 1.165) is 0 Å². The van der Waals surface area contributed by atoms with Crippen LogP contribution in [-0.4, -0.2) is 42.9 Å². The van der Waals surface area contributed by atoms with Gasteiger partial charge in [0.05, 0.1) is 6.61 Å². The molecule has 0 saturated heterocycles. The van der Waals surface area contributed by atoms with Crippen LogP contribution >= 0.6 is 0 Å². The van der Waals surface area contributed by atoms with Gasteiger partial charge in [-0.05, 0) is 17.4 Å². The summed E-state index contributed by atoms with van der Waals surface area (Å²) in [5.74, 6) is -0.287. The minimum Gasteiger partial charge on any atom is -0.460 e. The predicted molar refractivity (Wildman–Crippen MR) is 47.2 cm³/mol. The Morgan fingerprint density at radius 2 is 2.50 bits per heavy atom. The molecule has 9 nitrogen and oxygen atoms in total. The lowest BCUT2D eigenvalue weighted by Crippen LogP contribution is -2.15. The summed E-state index contributed by atoms with van der Waals surface area (Å²) in [6.45, 7) is 2.08. The van der Waals surface area contributed by atoms with Crippen LogP contribution in [0.25, 0.3) is 0 Å². The van der Waals surface area contributed by atoms with Gasteiger partial charge in [-0.1, -0.05) is 5.16 Å². The molecule has 0 aromatic carbocycles. The first-order chi connectivity index (χ1) is 7.81. The molecule has 0 aliphatic rings. The summed E-state index contributed by atoms with van der Waals surface area (Å²) in [4.78, 5) is 15.2. The number of hydrogen-bond acceptors (Lipinski definition) is 8. The van der Waals surface area contributed by atoms with Crippen molar-refractivity contribution in [2.45, 2.75) is 13.5 Å². The average Bonchev–Trinajstić information content (AvgIpc) is 2.90. The highest BCUT2D eigenvalue weighted by Crippen LogP contribution is 2.00. The molecule has 0 unspecified atom stereocenters. The largest absolute Gasteiger partial charge is 0.460 e. The molecule has 84 valence electrons. The molecule has 0 spiro atoms. The zero-order valence-corrected chi connectivity index (χ0v) is 8.40. The van der Waals surface area contributed by atoms with E-state index in [1.165, 1.54) is 11.0 Å². The Hall–Kier alpha value is -2.32. The van der Waals surface area contributed by atoms with E-state index >= 15 is 0 Å². The van der Waals surface area contributed by atoms with E-state index in [2.05, 4.69) is 25.7 Å². The summed E-state index contributed by atoms with van der Waals surface area (Å²) >= 11 is 0. The smallest absolute Gasteiger partial charge is 0.378 e. The van der Waals surface area contributed by atoms with Crippen LogP contribution in [-0.2, 0) is 11.3 Å². The van der Waals surface area contributed by atoms with Crippen LogP contribution in [0.15, 0.2) is 10.9 Å². The molecular formula is C7H8N6O3. The van der Waals surface area contributed by atoms with Gasteiger partial charge in [-0.15, -0.1) is 5.10 Å². The zero-order chi connectivity index (χ0) is 11.4. The number of hydrogen-bond donors (Lipinski definition) is 0. The van der Waals surface area contributed by atoms with Crippen molar-refractivity contribution in [2.24, 2.45) is 0 Å². The van der Waals surface area contributed by atoms with E-state index in [1.54, 1.807) is 6.92 Å². The molecule has 0 atom stereocenters. The molecule has 0 N–H and O–H groups in total. The van der Waals surface area contributed by atoms with Crippen LogP contribution in [0.4, 0.5) is 0 Å². The lowest BCUT2D eigenvalue weighted by atomic mass is 10.5. The first-order valence-corrected chi connectivity index (χ1v) is 4.50. The van der Waals surface area contributed by atoms with Crippen LogP contribution in [0.2, 0.25) is 0 Å². The number of rotatable bonds is 4. The molecule has 2 heterocycles. The van der Waals surface area contributed by atoms with Crippen molar-refractivity contribution in [1.82, 2.24) is 30.3 Å². The summed E-state index contributed by atoms with van der Waals surface area (Å²) < 4.78 is 10.8. The van der Waals surface area contributed by atoms with Crippen LogP contribution in [0.3, 0.4) is 0 Å². The van der Waals surface area contributed by atoms with Gasteiger partial charge < -0.3 is 9.26 Å². The highest BCUT2D eigenvalue weighted by molar-refractivity contribution is 5.85. The van der Waals surface area contributed by atoms with E-state index in [4.69, 9.17) is 9.26 Å². The highest BCUT2D eigenvalue weighted by atomic mass is 16.5. The minimum absolute atomic E-state index is 0.0000463. The molecule has 0 bridgehead atoms. The van der Waals surface area contributed by atoms with Gasteiger partial charge in [0.25, 0.3) is 5.82 Å². The molecule has 0 radical (unpaired) electrons. The summed E-state index contributed by atoms with van der Waals surface area (Å²) in [6, 6.07) is 0. The summed E-state index contributed by atoms with van der Waals surface area (Å²) in [5.41, 5.74) is 0. The quantitative estimate of drug-likeness (QED) is 0.626. The Bertz CT molecular complexity index is 464. The van der Waals surface area contributed by atoms with E-state index in [-0.39, 0.29) is 19.0 Å². The maximum atomic E-state index is 11.4. The van der Waals surface area contributed by atoms with E-state index in [0.29, 0.717) is 5.89 Å². The molecule has 16 heavy (non-hydrogen) atoms. The van der Waals surface area contributed by atoms with Gasteiger partial charge in [-0.25, -0.2) is 9.48 Å². The third-order valence-corrected chi connectivity index (χ3v) is 1.68. The summed E-state index contributed by atoms with van der Waals surface area (Å²) in [6.07, 6.45) is 1.25. The van der Waals surface area contributed by atoms with Gasteiger partial charge in [-0.3, -0.25) is 0 Å². The van der Waals surface area contributed by atoms with Crippen LogP contribution in [0.1, 0.15) is 23.4 Å². The van der Waals surface area contributed by atoms with Crippen molar-refractivity contribution >= 4 is 5.97 Å². The molecule has 0 aliphatic carbocycles. The summed E-state index contributed by atoms with van der Waals surface area (Å²) in [7, 11) is 0. The van der Waals surface area contributed by atoms with Crippen molar-refractivity contribution in [3.05, 3.63) is 18.0 Å². The van der Waals surface area contributed by atoms with Gasteiger partial charge in [0, 0.05) is 0 Å². The average molecular weight is 224 g/mol. The Balaban J connectivity index is 2.16. The van der Waals surface area contributed by atoms with Gasteiger partial charge in [0.15, 0.2) is 6.33 Å². The molecule has 2 rings (SSSR count). The normalized spacial score (nSPS) is 10.3. The molecule has 2 aromatic heterocycles. The zero-order valence-electron chi connectivity index (χ0n) is 8.40. The third-order valence-electron chi connectivity index (χ3n) is 1.68. The number of carbonyl (C=O) groups excluding carboxylic acids is 1. The molecule has 0 saturated carbocycles. The van der Waals surface area contributed by atoms with Crippen molar-refractivity contribution in [2.75, 3.05) is 6.61 Å². The number of carbonyl (C=O) groups is 1. The molecule has 2 aromatic rings. The molecule has 0 amide bonds. The van der Waals surface area contributed by atoms with Crippen molar-refractivity contribution in [3.63, 3.8) is 0 Å². The van der Waals surface area contributed by atoms with Gasteiger partial charge in [-0.2, -0.15) is 4.98 Å². The third kappa shape index (κ3) is 2.02. The second-order valence-electron chi connectivity index (χ2n) is 2.72. The lowest BCUT2D eigenvalue weighted by molar-refractivity contribution is 0.0504. The van der Waals surface area contributed by atoms with Crippen molar-refractivity contribution in [3.8, 4) is 0 Å². The highest BCUT2D eigenvalue weighted by Gasteiger charge is 2.17. The Kier molecular flexibility index (Phi) is 2.85. The maximum absolute atomic E-state index is 11.4. The van der Waals surface area contributed by atoms with Crippen LogP contribution < -0.4 is 0 Å². The monoisotopic (exact) mass is 224 g/mol. The number of tetrazole rings is 1. The van der Waals surface area contributed by atoms with E-state index in [9.17, 15) is 4.79 Å². The topological polar surface area (TPSA) is 109 Å². The molecule has 9 heteroatoms.